The molecule has 2 atom stereocenters. The van der Waals surface area contributed by atoms with Crippen molar-refractivity contribution >= 4 is 11.5 Å². The quantitative estimate of drug-likeness (QED) is 0.806. The molecule has 0 aliphatic carbocycles. The van der Waals surface area contributed by atoms with E-state index in [1.54, 1.807) is 0 Å². The van der Waals surface area contributed by atoms with Gasteiger partial charge in [-0.05, 0) is 18.9 Å². The molecule has 0 aromatic heterocycles. The normalized spacial score (nSPS) is 26.6. The second-order valence-electron chi connectivity index (χ2n) is 5.09. The van der Waals surface area contributed by atoms with Crippen molar-refractivity contribution in [1.29, 1.82) is 0 Å². The largest absolute Gasteiger partial charge is 0.497 e. The van der Waals surface area contributed by atoms with E-state index in [1.807, 2.05) is 6.07 Å². The number of anilines is 1. The molecule has 2 heterocycles. The van der Waals surface area contributed by atoms with Crippen molar-refractivity contribution in [2.45, 2.75) is 37.8 Å². The van der Waals surface area contributed by atoms with Gasteiger partial charge in [0.15, 0.2) is 0 Å². The van der Waals surface area contributed by atoms with Gasteiger partial charge in [-0.25, -0.2) is 4.39 Å². The molecule has 0 radical (unpaired) electrons. The number of ketones is 1. The Morgan fingerprint density at radius 1 is 1.22 bits per heavy atom. The Balaban J connectivity index is 1.95. The standard InChI is InChI=1S/C14H16FNO2/c1-18-14-5-9(15)4-12(8-14)16-10-2-3-11(16)7-13(17)6-10/h4-5,8,10-11H,2-3,6-7H2,1H3. The molecule has 18 heavy (non-hydrogen) atoms. The summed E-state index contributed by atoms with van der Waals surface area (Å²) < 4.78 is 18.7. The van der Waals surface area contributed by atoms with Gasteiger partial charge in [0, 0.05) is 42.7 Å². The van der Waals surface area contributed by atoms with Crippen LogP contribution in [0.5, 0.6) is 5.75 Å². The van der Waals surface area contributed by atoms with Crippen LogP contribution in [0.4, 0.5) is 10.1 Å². The molecule has 96 valence electrons. The second kappa shape index (κ2) is 4.26. The SMILES string of the molecule is COc1cc(F)cc(N2C3CCC2CC(=O)C3)c1. The molecule has 4 heteroatoms. The van der Waals surface area contributed by atoms with Crippen molar-refractivity contribution in [3.8, 4) is 5.75 Å². The highest BCUT2D eigenvalue weighted by atomic mass is 19.1. The van der Waals surface area contributed by atoms with E-state index >= 15 is 0 Å². The minimum Gasteiger partial charge on any atom is -0.497 e. The van der Waals surface area contributed by atoms with E-state index < -0.39 is 0 Å². The molecule has 0 saturated carbocycles. The van der Waals surface area contributed by atoms with Gasteiger partial charge in [0.1, 0.15) is 17.3 Å². The zero-order valence-electron chi connectivity index (χ0n) is 10.4. The number of carbonyl (C=O) groups excluding carboxylic acids is 1. The van der Waals surface area contributed by atoms with Crippen molar-refractivity contribution in [3.63, 3.8) is 0 Å². The molecular formula is C14H16FNO2. The van der Waals surface area contributed by atoms with Crippen molar-refractivity contribution in [2.24, 2.45) is 0 Å². The summed E-state index contributed by atoms with van der Waals surface area (Å²) in [6.07, 6.45) is 3.23. The zero-order valence-corrected chi connectivity index (χ0v) is 10.4. The summed E-state index contributed by atoms with van der Waals surface area (Å²) >= 11 is 0. The lowest BCUT2D eigenvalue weighted by atomic mass is 10.0. The van der Waals surface area contributed by atoms with Crippen LogP contribution in [-0.2, 0) is 4.79 Å². The van der Waals surface area contributed by atoms with Crippen LogP contribution in [0.15, 0.2) is 18.2 Å². The van der Waals surface area contributed by atoms with Gasteiger partial charge < -0.3 is 9.64 Å². The third kappa shape index (κ3) is 1.85. The minimum absolute atomic E-state index is 0.239. The van der Waals surface area contributed by atoms with Crippen LogP contribution in [0.25, 0.3) is 0 Å². The third-order valence-corrected chi connectivity index (χ3v) is 3.94. The summed E-state index contributed by atoms with van der Waals surface area (Å²) in [5.74, 6) is 0.573. The number of hydrogen-bond donors (Lipinski definition) is 0. The number of halogens is 1. The molecule has 1 aromatic rings. The van der Waals surface area contributed by atoms with E-state index in [4.69, 9.17) is 4.74 Å². The predicted molar refractivity (Wildman–Crippen MR) is 66.5 cm³/mol. The van der Waals surface area contributed by atoms with Crippen molar-refractivity contribution in [3.05, 3.63) is 24.0 Å². The molecule has 2 saturated heterocycles. The number of rotatable bonds is 2. The first kappa shape index (κ1) is 11.5. The number of methoxy groups -OCH3 is 1. The van der Waals surface area contributed by atoms with Crippen molar-refractivity contribution < 1.29 is 13.9 Å². The van der Waals surface area contributed by atoms with Crippen LogP contribution in [-0.4, -0.2) is 25.0 Å². The topological polar surface area (TPSA) is 29.5 Å². The molecule has 3 nitrogen and oxygen atoms in total. The smallest absolute Gasteiger partial charge is 0.137 e. The van der Waals surface area contributed by atoms with E-state index in [0.29, 0.717) is 24.4 Å². The molecule has 2 fully saturated rings. The Hall–Kier alpha value is -1.58. The Morgan fingerprint density at radius 2 is 1.89 bits per heavy atom. The van der Waals surface area contributed by atoms with Crippen LogP contribution in [0.3, 0.4) is 0 Å². The first-order valence-corrected chi connectivity index (χ1v) is 6.32. The highest BCUT2D eigenvalue weighted by Gasteiger charge is 2.40. The zero-order chi connectivity index (χ0) is 12.7. The second-order valence-corrected chi connectivity index (χ2v) is 5.09. The van der Waals surface area contributed by atoms with Crippen LogP contribution in [0.2, 0.25) is 0 Å². The molecule has 0 spiro atoms. The van der Waals surface area contributed by atoms with Gasteiger partial charge in [0.05, 0.1) is 7.11 Å². The van der Waals surface area contributed by atoms with E-state index in [1.165, 1.54) is 19.2 Å². The maximum atomic E-state index is 13.5. The maximum absolute atomic E-state index is 13.5. The number of piperidine rings is 1. The van der Waals surface area contributed by atoms with Gasteiger partial charge in [0.25, 0.3) is 0 Å². The van der Waals surface area contributed by atoms with Crippen molar-refractivity contribution in [2.75, 3.05) is 12.0 Å². The molecule has 1 aromatic carbocycles. The minimum atomic E-state index is -0.291. The molecule has 2 unspecified atom stereocenters. The van der Waals surface area contributed by atoms with Gasteiger partial charge in [-0.2, -0.15) is 0 Å². The van der Waals surface area contributed by atoms with Gasteiger partial charge in [0.2, 0.25) is 0 Å². The van der Waals surface area contributed by atoms with Gasteiger partial charge in [-0.1, -0.05) is 0 Å². The van der Waals surface area contributed by atoms with E-state index in [-0.39, 0.29) is 17.9 Å². The van der Waals surface area contributed by atoms with Crippen LogP contribution < -0.4 is 9.64 Å². The molecule has 0 N–H and O–H groups in total. The highest BCUT2D eigenvalue weighted by molar-refractivity contribution is 5.83. The molecule has 0 amide bonds. The molecule has 2 aliphatic heterocycles. The lowest BCUT2D eigenvalue weighted by Crippen LogP contribution is -2.43. The van der Waals surface area contributed by atoms with Gasteiger partial charge >= 0.3 is 0 Å². The van der Waals surface area contributed by atoms with E-state index in [0.717, 1.165) is 18.5 Å². The molecule has 3 rings (SSSR count). The number of fused-ring (bicyclic) bond motifs is 2. The number of benzene rings is 1. The number of hydrogen-bond acceptors (Lipinski definition) is 3. The van der Waals surface area contributed by atoms with Crippen LogP contribution in [0.1, 0.15) is 25.7 Å². The first-order chi connectivity index (χ1) is 8.67. The third-order valence-electron chi connectivity index (χ3n) is 3.94. The highest BCUT2D eigenvalue weighted by Crippen LogP contribution is 2.39. The number of carbonyl (C=O) groups is 1. The molecule has 2 bridgehead atoms. The Labute approximate surface area is 106 Å². The molecule has 2 aliphatic rings. The lowest BCUT2D eigenvalue weighted by Gasteiger charge is -2.36. The summed E-state index contributed by atoms with van der Waals surface area (Å²) in [5.41, 5.74) is 0.840. The summed E-state index contributed by atoms with van der Waals surface area (Å²) in [6.45, 7) is 0. The van der Waals surface area contributed by atoms with E-state index in [9.17, 15) is 9.18 Å². The maximum Gasteiger partial charge on any atom is 0.137 e. The van der Waals surface area contributed by atoms with Crippen molar-refractivity contribution in [1.82, 2.24) is 0 Å². The predicted octanol–water partition coefficient (Wildman–Crippen LogP) is 2.53. The average Bonchev–Trinajstić information content (AvgIpc) is 2.61. The van der Waals surface area contributed by atoms with Crippen LogP contribution in [0, 0.1) is 5.82 Å². The fraction of sp³-hybridized carbons (Fsp3) is 0.500. The molecular weight excluding hydrogens is 233 g/mol. The number of Topliss-reactive ketones (excluding diaryl/α,β-unsaturated/α-hetero) is 1. The average molecular weight is 249 g/mol. The number of ether oxygens (including phenoxy) is 1. The summed E-state index contributed by atoms with van der Waals surface area (Å²) in [4.78, 5) is 13.8. The van der Waals surface area contributed by atoms with Gasteiger partial charge in [-0.15, -0.1) is 0 Å². The first-order valence-electron chi connectivity index (χ1n) is 6.32. The summed E-state index contributed by atoms with van der Waals surface area (Å²) in [5, 5.41) is 0. The summed E-state index contributed by atoms with van der Waals surface area (Å²) in [6, 6.07) is 5.24. The Kier molecular flexibility index (Phi) is 2.73. The van der Waals surface area contributed by atoms with Gasteiger partial charge in [-0.3, -0.25) is 4.79 Å². The Morgan fingerprint density at radius 3 is 2.50 bits per heavy atom. The number of nitrogens with zero attached hydrogens (tertiary/aromatic N) is 1. The van der Waals surface area contributed by atoms with E-state index in [2.05, 4.69) is 4.90 Å². The summed E-state index contributed by atoms with van der Waals surface area (Å²) in [7, 11) is 1.53. The lowest BCUT2D eigenvalue weighted by molar-refractivity contribution is -0.120. The monoisotopic (exact) mass is 249 g/mol. The fourth-order valence-corrected chi connectivity index (χ4v) is 3.21. The Bertz CT molecular complexity index is 473. The fourth-order valence-electron chi connectivity index (χ4n) is 3.21. The van der Waals surface area contributed by atoms with Crippen LogP contribution >= 0.6 is 0 Å².